The van der Waals surface area contributed by atoms with Crippen molar-refractivity contribution < 1.29 is 14.3 Å². The van der Waals surface area contributed by atoms with Crippen molar-refractivity contribution in [3.05, 3.63) is 97.9 Å². The number of rotatable bonds is 12. The number of aryl methyl sites for hydroxylation is 1. The van der Waals surface area contributed by atoms with Crippen molar-refractivity contribution in [1.82, 2.24) is 10.2 Å². The summed E-state index contributed by atoms with van der Waals surface area (Å²) in [5.74, 6) is 0.295. The lowest BCUT2D eigenvalue weighted by atomic mass is 10.0. The summed E-state index contributed by atoms with van der Waals surface area (Å²) in [4.78, 5) is 28.8. The molecule has 0 saturated heterocycles. The van der Waals surface area contributed by atoms with Crippen LogP contribution in [0.3, 0.4) is 0 Å². The largest absolute Gasteiger partial charge is 0.483 e. The lowest BCUT2D eigenvalue weighted by Crippen LogP contribution is -2.52. The van der Waals surface area contributed by atoms with Crippen LogP contribution in [0.15, 0.2) is 71.2 Å². The summed E-state index contributed by atoms with van der Waals surface area (Å²) in [6, 6.07) is 19.9. The highest BCUT2D eigenvalue weighted by atomic mass is 79.9. The summed E-state index contributed by atoms with van der Waals surface area (Å²) >= 11 is 15.9. The molecule has 8 heteroatoms. The van der Waals surface area contributed by atoms with Crippen LogP contribution in [0.2, 0.25) is 10.0 Å². The van der Waals surface area contributed by atoms with Crippen LogP contribution in [0, 0.1) is 5.92 Å². The van der Waals surface area contributed by atoms with Gasteiger partial charge in [0.2, 0.25) is 5.91 Å². The first-order chi connectivity index (χ1) is 18.2. The van der Waals surface area contributed by atoms with Crippen LogP contribution in [-0.4, -0.2) is 35.9 Å². The van der Waals surface area contributed by atoms with Gasteiger partial charge in [0.05, 0.1) is 14.5 Å². The Morgan fingerprint density at radius 3 is 2.29 bits per heavy atom. The summed E-state index contributed by atoms with van der Waals surface area (Å²) in [6.07, 6.45) is 1.24. The van der Waals surface area contributed by atoms with Gasteiger partial charge in [-0.2, -0.15) is 0 Å². The molecule has 0 spiro atoms. The molecular formula is C30H33BrCl2N2O3. The number of amides is 2. The Bertz CT molecular complexity index is 1240. The van der Waals surface area contributed by atoms with Gasteiger partial charge in [0.15, 0.2) is 6.61 Å². The van der Waals surface area contributed by atoms with Crippen molar-refractivity contribution in [2.24, 2.45) is 5.92 Å². The normalized spacial score (nSPS) is 11.8. The standard InChI is InChI=1S/C30H33BrCl2N2O3/c1-4-21-11-13-28(24(31)14-21)38-19-29(36)35(18-23-10-12-25(32)26(33)15-23)27(30(37)34-17-20(2)3)16-22-8-6-5-7-9-22/h5-15,20,27H,4,16-19H2,1-3H3,(H,34,37). The molecule has 3 aromatic rings. The van der Waals surface area contributed by atoms with E-state index in [4.69, 9.17) is 27.9 Å². The van der Waals surface area contributed by atoms with Gasteiger partial charge in [-0.25, -0.2) is 0 Å². The molecule has 0 bridgehead atoms. The van der Waals surface area contributed by atoms with Crippen LogP contribution >= 0.6 is 39.1 Å². The molecule has 0 aliphatic heterocycles. The molecule has 2 amide bonds. The molecule has 3 aromatic carbocycles. The molecular weight excluding hydrogens is 587 g/mol. The maximum absolute atomic E-state index is 13.7. The van der Waals surface area contributed by atoms with Crippen LogP contribution in [0.25, 0.3) is 0 Å². The smallest absolute Gasteiger partial charge is 0.261 e. The summed E-state index contributed by atoms with van der Waals surface area (Å²) in [5.41, 5.74) is 2.86. The maximum Gasteiger partial charge on any atom is 0.261 e. The Hall–Kier alpha value is -2.54. The Morgan fingerprint density at radius 1 is 0.947 bits per heavy atom. The van der Waals surface area contributed by atoms with E-state index in [0.29, 0.717) is 28.8 Å². The van der Waals surface area contributed by atoms with Gasteiger partial charge < -0.3 is 15.0 Å². The van der Waals surface area contributed by atoms with Gasteiger partial charge in [0.25, 0.3) is 5.91 Å². The zero-order chi connectivity index (χ0) is 27.7. The number of benzene rings is 3. The minimum absolute atomic E-state index is 0.168. The lowest BCUT2D eigenvalue weighted by molar-refractivity contribution is -0.142. The monoisotopic (exact) mass is 618 g/mol. The molecule has 0 saturated carbocycles. The van der Waals surface area contributed by atoms with Gasteiger partial charge in [-0.15, -0.1) is 0 Å². The van der Waals surface area contributed by atoms with E-state index in [1.165, 1.54) is 0 Å². The number of ether oxygens (including phenoxy) is 1. The molecule has 0 aliphatic carbocycles. The van der Waals surface area contributed by atoms with Gasteiger partial charge in [-0.3, -0.25) is 9.59 Å². The number of halogens is 3. The summed E-state index contributed by atoms with van der Waals surface area (Å²) < 4.78 is 6.70. The lowest BCUT2D eigenvalue weighted by Gasteiger charge is -2.32. The van der Waals surface area contributed by atoms with E-state index < -0.39 is 6.04 Å². The third-order valence-corrected chi connectivity index (χ3v) is 7.41. The van der Waals surface area contributed by atoms with E-state index >= 15 is 0 Å². The number of carbonyl (C=O) groups is 2. The highest BCUT2D eigenvalue weighted by Crippen LogP contribution is 2.27. The van der Waals surface area contributed by atoms with Crippen molar-refractivity contribution in [3.63, 3.8) is 0 Å². The number of hydrogen-bond donors (Lipinski definition) is 1. The molecule has 1 unspecified atom stereocenters. The SMILES string of the molecule is CCc1ccc(OCC(=O)N(Cc2ccc(Cl)c(Cl)c2)C(Cc2ccccc2)C(=O)NCC(C)C)c(Br)c1. The van der Waals surface area contributed by atoms with Crippen molar-refractivity contribution >= 4 is 50.9 Å². The predicted octanol–water partition coefficient (Wildman–Crippen LogP) is 7.11. The zero-order valence-corrected chi connectivity index (χ0v) is 24.9. The van der Waals surface area contributed by atoms with E-state index in [0.717, 1.165) is 27.6 Å². The summed E-state index contributed by atoms with van der Waals surface area (Å²) in [7, 11) is 0. The Labute approximate surface area is 243 Å². The first-order valence-electron chi connectivity index (χ1n) is 12.6. The van der Waals surface area contributed by atoms with Crippen molar-refractivity contribution in [3.8, 4) is 5.75 Å². The molecule has 0 fully saturated rings. The Kier molecular flexibility index (Phi) is 11.5. The zero-order valence-electron chi connectivity index (χ0n) is 21.8. The fraction of sp³-hybridized carbons (Fsp3) is 0.333. The fourth-order valence-corrected chi connectivity index (χ4v) is 4.78. The van der Waals surface area contributed by atoms with E-state index in [9.17, 15) is 9.59 Å². The van der Waals surface area contributed by atoms with E-state index in [-0.39, 0.29) is 30.9 Å². The molecule has 0 aromatic heterocycles. The van der Waals surface area contributed by atoms with Gasteiger partial charge >= 0.3 is 0 Å². The van der Waals surface area contributed by atoms with Gasteiger partial charge in [0.1, 0.15) is 11.8 Å². The van der Waals surface area contributed by atoms with Crippen LogP contribution in [0.4, 0.5) is 0 Å². The van der Waals surface area contributed by atoms with Crippen LogP contribution in [0.5, 0.6) is 5.75 Å². The number of carbonyl (C=O) groups excluding carboxylic acids is 2. The topological polar surface area (TPSA) is 58.6 Å². The van der Waals surface area contributed by atoms with Crippen LogP contribution in [-0.2, 0) is 29.0 Å². The minimum Gasteiger partial charge on any atom is -0.483 e. The Balaban J connectivity index is 1.92. The third-order valence-electron chi connectivity index (χ3n) is 6.05. The molecule has 38 heavy (non-hydrogen) atoms. The Morgan fingerprint density at radius 2 is 1.66 bits per heavy atom. The molecule has 0 radical (unpaired) electrons. The second kappa shape index (κ2) is 14.6. The van der Waals surface area contributed by atoms with Gasteiger partial charge in [-0.05, 0) is 69.2 Å². The van der Waals surface area contributed by atoms with Crippen molar-refractivity contribution in [2.45, 2.75) is 46.2 Å². The first-order valence-corrected chi connectivity index (χ1v) is 14.2. The van der Waals surface area contributed by atoms with E-state index in [1.807, 2.05) is 62.4 Å². The third kappa shape index (κ3) is 8.75. The number of hydrogen-bond acceptors (Lipinski definition) is 3. The minimum atomic E-state index is -0.757. The van der Waals surface area contributed by atoms with Crippen molar-refractivity contribution in [2.75, 3.05) is 13.2 Å². The van der Waals surface area contributed by atoms with E-state index in [1.54, 1.807) is 23.1 Å². The van der Waals surface area contributed by atoms with Crippen LogP contribution < -0.4 is 10.1 Å². The number of nitrogens with one attached hydrogen (secondary N) is 1. The second-order valence-electron chi connectivity index (χ2n) is 9.52. The number of nitrogens with zero attached hydrogens (tertiary/aromatic N) is 1. The highest BCUT2D eigenvalue weighted by molar-refractivity contribution is 9.10. The van der Waals surface area contributed by atoms with Crippen molar-refractivity contribution in [1.29, 1.82) is 0 Å². The molecule has 202 valence electrons. The highest BCUT2D eigenvalue weighted by Gasteiger charge is 2.31. The summed E-state index contributed by atoms with van der Waals surface area (Å²) in [5, 5.41) is 3.82. The molecule has 0 aliphatic rings. The van der Waals surface area contributed by atoms with Gasteiger partial charge in [-0.1, -0.05) is 86.4 Å². The average Bonchev–Trinajstić information content (AvgIpc) is 2.90. The first kappa shape index (κ1) is 30.0. The van der Waals surface area contributed by atoms with Crippen LogP contribution in [0.1, 0.15) is 37.5 Å². The van der Waals surface area contributed by atoms with Gasteiger partial charge in [0, 0.05) is 19.5 Å². The molecule has 0 heterocycles. The maximum atomic E-state index is 13.7. The van der Waals surface area contributed by atoms with E-state index in [2.05, 4.69) is 28.2 Å². The quantitative estimate of drug-likeness (QED) is 0.235. The predicted molar refractivity (Wildman–Crippen MR) is 158 cm³/mol. The molecule has 1 atom stereocenters. The molecule has 5 nitrogen and oxygen atoms in total. The fourth-order valence-electron chi connectivity index (χ4n) is 3.91. The molecule has 3 rings (SSSR count). The summed E-state index contributed by atoms with van der Waals surface area (Å²) in [6.45, 7) is 6.58. The average molecular weight is 620 g/mol. The second-order valence-corrected chi connectivity index (χ2v) is 11.2. The molecule has 1 N–H and O–H groups in total.